The molecule has 1 aliphatic heterocycles. The van der Waals surface area contributed by atoms with Crippen LogP contribution in [0.15, 0.2) is 22.7 Å². The van der Waals surface area contributed by atoms with Gasteiger partial charge in [-0.05, 0) is 44.1 Å². The van der Waals surface area contributed by atoms with Crippen molar-refractivity contribution in [2.45, 2.75) is 25.8 Å². The summed E-state index contributed by atoms with van der Waals surface area (Å²) in [5.74, 6) is -0.626. The molecule has 0 spiro atoms. The first-order valence-corrected chi connectivity index (χ1v) is 7.37. The maximum absolute atomic E-state index is 13.2. The third kappa shape index (κ3) is 3.76. The number of amides is 1. The summed E-state index contributed by atoms with van der Waals surface area (Å²) in [5, 5.41) is 2.89. The number of carbonyl (C=O) groups excluding carboxylic acids is 1. The molecule has 1 aromatic rings. The van der Waals surface area contributed by atoms with E-state index < -0.39 is 5.82 Å². The first kappa shape index (κ1) is 14.5. The Morgan fingerprint density at radius 2 is 2.32 bits per heavy atom. The lowest BCUT2D eigenvalue weighted by molar-refractivity contribution is 0.0941. The summed E-state index contributed by atoms with van der Waals surface area (Å²) >= 11 is 3.19. The lowest BCUT2D eigenvalue weighted by Crippen LogP contribution is -2.40. The molecule has 2 rings (SSSR count). The molecule has 1 amide bonds. The molecule has 1 saturated heterocycles. The van der Waals surface area contributed by atoms with E-state index in [-0.39, 0.29) is 5.91 Å². The fourth-order valence-corrected chi connectivity index (χ4v) is 3.01. The summed E-state index contributed by atoms with van der Waals surface area (Å²) in [6.07, 6.45) is 2.29. The van der Waals surface area contributed by atoms with Crippen molar-refractivity contribution in [3.8, 4) is 0 Å². The number of likely N-dealkylation sites (N-methyl/N-ethyl adjacent to an activating group) is 1. The van der Waals surface area contributed by atoms with Crippen molar-refractivity contribution < 1.29 is 9.18 Å². The van der Waals surface area contributed by atoms with Crippen molar-refractivity contribution in [3.63, 3.8) is 0 Å². The molecule has 1 fully saturated rings. The van der Waals surface area contributed by atoms with Crippen LogP contribution in [-0.4, -0.2) is 36.5 Å². The van der Waals surface area contributed by atoms with Gasteiger partial charge in [-0.3, -0.25) is 9.69 Å². The van der Waals surface area contributed by atoms with Gasteiger partial charge in [-0.15, -0.1) is 0 Å². The smallest absolute Gasteiger partial charge is 0.251 e. The number of likely N-dealkylation sites (tertiary alicyclic amines) is 1. The number of nitrogens with one attached hydrogen (secondary N) is 1. The van der Waals surface area contributed by atoms with Crippen LogP contribution in [0.2, 0.25) is 0 Å². The highest BCUT2D eigenvalue weighted by atomic mass is 79.9. The molecule has 1 atom stereocenters. The second-order valence-electron chi connectivity index (χ2n) is 4.79. The van der Waals surface area contributed by atoms with Crippen molar-refractivity contribution >= 4 is 21.8 Å². The number of hydrogen-bond donors (Lipinski definition) is 1. The van der Waals surface area contributed by atoms with Crippen LogP contribution in [0.1, 0.15) is 30.1 Å². The normalized spacial score (nSPS) is 19.6. The lowest BCUT2D eigenvalue weighted by atomic mass is 10.2. The fourth-order valence-electron chi connectivity index (χ4n) is 2.54. The van der Waals surface area contributed by atoms with Gasteiger partial charge in [-0.1, -0.05) is 22.9 Å². The van der Waals surface area contributed by atoms with Gasteiger partial charge in [0, 0.05) is 22.6 Å². The van der Waals surface area contributed by atoms with Crippen LogP contribution >= 0.6 is 15.9 Å². The monoisotopic (exact) mass is 328 g/mol. The van der Waals surface area contributed by atoms with E-state index in [1.807, 2.05) is 0 Å². The molecule has 0 aromatic heterocycles. The molecule has 0 unspecified atom stereocenters. The summed E-state index contributed by atoms with van der Waals surface area (Å²) in [6, 6.07) is 4.63. The molecule has 3 nitrogen and oxygen atoms in total. The van der Waals surface area contributed by atoms with E-state index in [0.717, 1.165) is 19.5 Å². The Bertz CT molecular complexity index is 447. The van der Waals surface area contributed by atoms with Gasteiger partial charge in [0.25, 0.3) is 5.91 Å². The molecule has 0 bridgehead atoms. The van der Waals surface area contributed by atoms with Gasteiger partial charge in [0.05, 0.1) is 0 Å². The van der Waals surface area contributed by atoms with Gasteiger partial charge >= 0.3 is 0 Å². The van der Waals surface area contributed by atoms with E-state index in [0.29, 0.717) is 22.6 Å². The van der Waals surface area contributed by atoms with E-state index in [1.54, 1.807) is 6.07 Å². The van der Waals surface area contributed by atoms with Crippen LogP contribution in [0.4, 0.5) is 4.39 Å². The molecule has 1 N–H and O–H groups in total. The van der Waals surface area contributed by atoms with Crippen molar-refractivity contribution in [3.05, 3.63) is 34.1 Å². The van der Waals surface area contributed by atoms with Crippen LogP contribution < -0.4 is 5.32 Å². The Balaban J connectivity index is 1.94. The van der Waals surface area contributed by atoms with Gasteiger partial charge in [0.2, 0.25) is 0 Å². The van der Waals surface area contributed by atoms with Crippen molar-refractivity contribution in [2.24, 2.45) is 0 Å². The highest BCUT2D eigenvalue weighted by Gasteiger charge is 2.23. The first-order chi connectivity index (χ1) is 9.10. The SMILES string of the molecule is CCN1CCC[C@@H]1CNC(=O)c1cc(F)cc(Br)c1. The standard InChI is InChI=1S/C14H18BrFN2O/c1-2-18-5-3-4-13(18)9-17-14(19)10-6-11(15)8-12(16)7-10/h6-8,13H,2-5,9H2,1H3,(H,17,19)/t13-/m1/s1. The molecular weight excluding hydrogens is 311 g/mol. The summed E-state index contributed by atoms with van der Waals surface area (Å²) in [6.45, 7) is 4.86. The molecule has 0 saturated carbocycles. The average molecular weight is 329 g/mol. The zero-order valence-corrected chi connectivity index (χ0v) is 12.5. The largest absolute Gasteiger partial charge is 0.350 e. The number of halogens is 2. The topological polar surface area (TPSA) is 32.3 Å². The average Bonchev–Trinajstić information content (AvgIpc) is 2.82. The number of hydrogen-bond acceptors (Lipinski definition) is 2. The second kappa shape index (κ2) is 6.48. The van der Waals surface area contributed by atoms with Crippen LogP contribution in [0.25, 0.3) is 0 Å². The Labute approximate surface area is 121 Å². The highest BCUT2D eigenvalue weighted by Crippen LogP contribution is 2.17. The van der Waals surface area contributed by atoms with Crippen LogP contribution in [0, 0.1) is 5.82 Å². The number of nitrogens with zero attached hydrogens (tertiary/aromatic N) is 1. The molecule has 1 aliphatic rings. The maximum Gasteiger partial charge on any atom is 0.251 e. The van der Waals surface area contributed by atoms with Crippen LogP contribution in [0.3, 0.4) is 0 Å². The van der Waals surface area contributed by atoms with Gasteiger partial charge < -0.3 is 5.32 Å². The number of benzene rings is 1. The molecule has 1 heterocycles. The van der Waals surface area contributed by atoms with Crippen molar-refractivity contribution in [2.75, 3.05) is 19.6 Å². The zero-order valence-electron chi connectivity index (χ0n) is 11.0. The summed E-state index contributed by atoms with van der Waals surface area (Å²) in [5.41, 5.74) is 0.355. The predicted molar refractivity (Wildman–Crippen MR) is 76.7 cm³/mol. The van der Waals surface area contributed by atoms with E-state index >= 15 is 0 Å². The number of rotatable bonds is 4. The van der Waals surface area contributed by atoms with Crippen LogP contribution in [-0.2, 0) is 0 Å². The Hall–Kier alpha value is -0.940. The van der Waals surface area contributed by atoms with Gasteiger partial charge in [-0.2, -0.15) is 0 Å². The Morgan fingerprint density at radius 1 is 1.53 bits per heavy atom. The summed E-state index contributed by atoms with van der Waals surface area (Å²) < 4.78 is 13.8. The van der Waals surface area contributed by atoms with E-state index in [1.165, 1.54) is 18.6 Å². The van der Waals surface area contributed by atoms with E-state index in [4.69, 9.17) is 0 Å². The second-order valence-corrected chi connectivity index (χ2v) is 5.71. The zero-order chi connectivity index (χ0) is 13.8. The predicted octanol–water partition coefficient (Wildman–Crippen LogP) is 2.80. The van der Waals surface area contributed by atoms with E-state index in [2.05, 4.69) is 33.1 Å². The first-order valence-electron chi connectivity index (χ1n) is 6.58. The molecular formula is C14H18BrFN2O. The minimum atomic E-state index is -0.407. The molecule has 0 radical (unpaired) electrons. The Kier molecular flexibility index (Phi) is 4.93. The quantitative estimate of drug-likeness (QED) is 0.921. The van der Waals surface area contributed by atoms with Crippen molar-refractivity contribution in [1.82, 2.24) is 10.2 Å². The van der Waals surface area contributed by atoms with Crippen molar-refractivity contribution in [1.29, 1.82) is 0 Å². The molecule has 5 heteroatoms. The lowest BCUT2D eigenvalue weighted by Gasteiger charge is -2.22. The molecule has 19 heavy (non-hydrogen) atoms. The summed E-state index contributed by atoms with van der Waals surface area (Å²) in [7, 11) is 0. The minimum Gasteiger partial charge on any atom is -0.350 e. The highest BCUT2D eigenvalue weighted by molar-refractivity contribution is 9.10. The van der Waals surface area contributed by atoms with Gasteiger partial charge in [0.15, 0.2) is 0 Å². The molecule has 0 aliphatic carbocycles. The maximum atomic E-state index is 13.2. The third-order valence-corrected chi connectivity index (χ3v) is 3.99. The third-order valence-electron chi connectivity index (χ3n) is 3.53. The minimum absolute atomic E-state index is 0.219. The number of carbonyl (C=O) groups is 1. The fraction of sp³-hybridized carbons (Fsp3) is 0.500. The molecule has 1 aromatic carbocycles. The van der Waals surface area contributed by atoms with E-state index in [9.17, 15) is 9.18 Å². The summed E-state index contributed by atoms with van der Waals surface area (Å²) in [4.78, 5) is 14.3. The van der Waals surface area contributed by atoms with Crippen LogP contribution in [0.5, 0.6) is 0 Å². The van der Waals surface area contributed by atoms with Gasteiger partial charge in [-0.25, -0.2) is 4.39 Å². The molecule has 104 valence electrons. The van der Waals surface area contributed by atoms with Gasteiger partial charge in [0.1, 0.15) is 5.82 Å². The Morgan fingerprint density at radius 3 is 3.00 bits per heavy atom.